The SMILES string of the molecule is COCCN1C(=O)/C(=C/c2cc(I)c(OCc3ccccc3)c(I)c2)SC1=Nc1ccc(OC)cc1. The molecule has 9 heteroatoms. The summed E-state index contributed by atoms with van der Waals surface area (Å²) in [7, 11) is 3.25. The predicted molar refractivity (Wildman–Crippen MR) is 162 cm³/mol. The smallest absolute Gasteiger partial charge is 0.266 e. The monoisotopic (exact) mass is 726 g/mol. The summed E-state index contributed by atoms with van der Waals surface area (Å²) >= 11 is 5.93. The van der Waals surface area contributed by atoms with Crippen molar-refractivity contribution in [2.75, 3.05) is 27.4 Å². The van der Waals surface area contributed by atoms with E-state index in [4.69, 9.17) is 19.2 Å². The number of methoxy groups -OCH3 is 2. The van der Waals surface area contributed by atoms with E-state index in [1.54, 1.807) is 19.1 Å². The highest BCUT2D eigenvalue weighted by Crippen LogP contribution is 2.36. The van der Waals surface area contributed by atoms with Crippen LogP contribution in [0.5, 0.6) is 11.5 Å². The van der Waals surface area contributed by atoms with Crippen LogP contribution in [-0.2, 0) is 16.1 Å². The molecule has 0 aliphatic carbocycles. The molecule has 0 radical (unpaired) electrons. The largest absolute Gasteiger partial charge is 0.497 e. The van der Waals surface area contributed by atoms with Crippen molar-refractivity contribution in [2.24, 2.45) is 4.99 Å². The van der Waals surface area contributed by atoms with E-state index < -0.39 is 0 Å². The van der Waals surface area contributed by atoms with Crippen molar-refractivity contribution < 1.29 is 19.0 Å². The molecule has 1 aliphatic rings. The van der Waals surface area contributed by atoms with Crippen LogP contribution in [0.25, 0.3) is 6.08 Å². The van der Waals surface area contributed by atoms with Gasteiger partial charge in [-0.3, -0.25) is 9.69 Å². The van der Waals surface area contributed by atoms with E-state index in [1.165, 1.54) is 11.8 Å². The third-order valence-corrected chi connectivity index (χ3v) is 7.86. The molecular weight excluding hydrogens is 702 g/mol. The third kappa shape index (κ3) is 6.81. The van der Waals surface area contributed by atoms with Crippen molar-refractivity contribution in [3.63, 3.8) is 0 Å². The fourth-order valence-corrected chi connectivity index (χ4v) is 6.57. The Labute approximate surface area is 242 Å². The number of thioether (sulfide) groups is 1. The van der Waals surface area contributed by atoms with Gasteiger partial charge < -0.3 is 14.2 Å². The molecule has 36 heavy (non-hydrogen) atoms. The van der Waals surface area contributed by atoms with Crippen LogP contribution in [0.4, 0.5) is 5.69 Å². The first-order valence-electron chi connectivity index (χ1n) is 11.1. The molecule has 0 spiro atoms. The second-order valence-corrected chi connectivity index (χ2v) is 11.1. The van der Waals surface area contributed by atoms with Crippen LogP contribution in [-0.4, -0.2) is 43.3 Å². The third-order valence-electron chi connectivity index (χ3n) is 5.25. The van der Waals surface area contributed by atoms with Gasteiger partial charge in [-0.15, -0.1) is 0 Å². The number of hydrogen-bond acceptors (Lipinski definition) is 6. The molecule has 0 bridgehead atoms. The standard InChI is InChI=1S/C27H24I2N2O4S/c1-33-13-12-31-26(32)24(36-27(31)30-20-8-10-21(34-2)11-9-20)16-19-14-22(28)25(23(29)15-19)35-17-18-6-4-3-5-7-18/h3-11,14-16H,12-13,17H2,1-2H3/b24-16-,30-27?. The summed E-state index contributed by atoms with van der Waals surface area (Å²) in [6.45, 7) is 1.35. The van der Waals surface area contributed by atoms with E-state index in [-0.39, 0.29) is 5.91 Å². The van der Waals surface area contributed by atoms with Gasteiger partial charge in [0, 0.05) is 7.11 Å². The first-order valence-corrected chi connectivity index (χ1v) is 14.0. The molecule has 1 amide bonds. The average Bonchev–Trinajstić information content (AvgIpc) is 3.16. The lowest BCUT2D eigenvalue weighted by Gasteiger charge is -2.14. The summed E-state index contributed by atoms with van der Waals surface area (Å²) in [4.78, 5) is 20.3. The number of amides is 1. The minimum atomic E-state index is -0.0845. The Bertz CT molecular complexity index is 1260. The summed E-state index contributed by atoms with van der Waals surface area (Å²) in [5, 5.41) is 0.626. The molecule has 3 aromatic rings. The molecular formula is C27H24I2N2O4S. The van der Waals surface area contributed by atoms with Crippen molar-refractivity contribution in [1.29, 1.82) is 0 Å². The van der Waals surface area contributed by atoms with E-state index in [2.05, 4.69) is 45.2 Å². The number of ether oxygens (including phenoxy) is 3. The van der Waals surface area contributed by atoms with E-state index in [9.17, 15) is 4.79 Å². The van der Waals surface area contributed by atoms with E-state index in [1.807, 2.05) is 72.8 Å². The van der Waals surface area contributed by atoms with Crippen LogP contribution in [0.3, 0.4) is 0 Å². The van der Waals surface area contributed by atoms with E-state index in [0.717, 1.165) is 35.5 Å². The summed E-state index contributed by atoms with van der Waals surface area (Å²) in [5.41, 5.74) is 2.80. The zero-order valence-corrected chi connectivity index (χ0v) is 24.9. The van der Waals surface area contributed by atoms with Crippen LogP contribution >= 0.6 is 56.9 Å². The minimum Gasteiger partial charge on any atom is -0.497 e. The normalized spacial score (nSPS) is 15.7. The maximum Gasteiger partial charge on any atom is 0.266 e. The highest BCUT2D eigenvalue weighted by Gasteiger charge is 2.33. The van der Waals surface area contributed by atoms with Gasteiger partial charge in [-0.05, 0) is 111 Å². The number of carbonyl (C=O) groups excluding carboxylic acids is 1. The number of hydrogen-bond donors (Lipinski definition) is 0. The first kappa shape index (κ1) is 27.0. The summed E-state index contributed by atoms with van der Waals surface area (Å²) in [6.07, 6.45) is 1.91. The number of amidine groups is 1. The quantitative estimate of drug-likeness (QED) is 0.181. The Balaban J connectivity index is 1.57. The van der Waals surface area contributed by atoms with Gasteiger partial charge in [-0.2, -0.15) is 0 Å². The Morgan fingerprint density at radius 3 is 2.33 bits per heavy atom. The Kier molecular flexibility index (Phi) is 9.68. The second-order valence-electron chi connectivity index (χ2n) is 7.74. The van der Waals surface area contributed by atoms with Gasteiger partial charge in [-0.1, -0.05) is 30.3 Å². The molecule has 0 unspecified atom stereocenters. The summed E-state index contributed by atoms with van der Waals surface area (Å²) in [5.74, 6) is 1.51. The highest BCUT2D eigenvalue weighted by atomic mass is 127. The molecule has 1 saturated heterocycles. The van der Waals surface area contributed by atoms with Gasteiger partial charge in [0.05, 0.1) is 38.0 Å². The van der Waals surface area contributed by atoms with Crippen LogP contribution in [0.2, 0.25) is 0 Å². The number of halogens is 2. The van der Waals surface area contributed by atoms with Gasteiger partial charge in [0.25, 0.3) is 5.91 Å². The number of benzene rings is 3. The molecule has 3 aromatic carbocycles. The van der Waals surface area contributed by atoms with Gasteiger partial charge >= 0.3 is 0 Å². The van der Waals surface area contributed by atoms with Gasteiger partial charge in [0.15, 0.2) is 5.17 Å². The maximum atomic E-state index is 13.3. The Morgan fingerprint density at radius 2 is 1.69 bits per heavy atom. The Hall–Kier alpha value is -2.09. The van der Waals surface area contributed by atoms with Crippen LogP contribution in [0.15, 0.2) is 76.6 Å². The Morgan fingerprint density at radius 1 is 1.00 bits per heavy atom. The van der Waals surface area contributed by atoms with Gasteiger partial charge in [-0.25, -0.2) is 4.99 Å². The molecule has 1 aliphatic heterocycles. The summed E-state index contributed by atoms with van der Waals surface area (Å²) < 4.78 is 18.5. The maximum absolute atomic E-state index is 13.3. The number of rotatable bonds is 9. The number of carbonyl (C=O) groups is 1. The fraction of sp³-hybridized carbons (Fsp3) is 0.185. The second kappa shape index (κ2) is 12.9. The lowest BCUT2D eigenvalue weighted by molar-refractivity contribution is -0.122. The van der Waals surface area contributed by atoms with Crippen molar-refractivity contribution >= 4 is 79.8 Å². The molecule has 0 saturated carbocycles. The molecule has 1 heterocycles. The highest BCUT2D eigenvalue weighted by molar-refractivity contribution is 14.1. The van der Waals surface area contributed by atoms with Crippen LogP contribution in [0.1, 0.15) is 11.1 Å². The fourth-order valence-electron chi connectivity index (χ4n) is 3.42. The molecule has 1 fully saturated rings. The molecule has 0 N–H and O–H groups in total. The van der Waals surface area contributed by atoms with Crippen molar-refractivity contribution in [3.05, 3.63) is 89.9 Å². The van der Waals surface area contributed by atoms with Crippen molar-refractivity contribution in [2.45, 2.75) is 6.61 Å². The lowest BCUT2D eigenvalue weighted by Crippen LogP contribution is -2.32. The first-order chi connectivity index (χ1) is 17.5. The molecule has 4 rings (SSSR count). The number of nitrogens with zero attached hydrogens (tertiary/aromatic N) is 2. The molecule has 0 atom stereocenters. The van der Waals surface area contributed by atoms with Crippen molar-refractivity contribution in [3.8, 4) is 11.5 Å². The van der Waals surface area contributed by atoms with Crippen LogP contribution in [0, 0.1) is 7.14 Å². The van der Waals surface area contributed by atoms with Gasteiger partial charge in [0.2, 0.25) is 0 Å². The topological polar surface area (TPSA) is 60.4 Å². The van der Waals surface area contributed by atoms with Crippen LogP contribution < -0.4 is 9.47 Å². The average molecular weight is 726 g/mol. The molecule has 186 valence electrons. The molecule has 0 aromatic heterocycles. The predicted octanol–water partition coefficient (Wildman–Crippen LogP) is 6.73. The zero-order chi connectivity index (χ0) is 25.5. The minimum absolute atomic E-state index is 0.0845. The summed E-state index contributed by atoms with van der Waals surface area (Å²) in [6, 6.07) is 21.6. The van der Waals surface area contributed by atoms with Crippen molar-refractivity contribution in [1.82, 2.24) is 4.90 Å². The lowest BCUT2D eigenvalue weighted by atomic mass is 10.2. The van der Waals surface area contributed by atoms with E-state index in [0.29, 0.717) is 29.8 Å². The zero-order valence-electron chi connectivity index (χ0n) is 19.7. The number of aliphatic imine (C=N–C) groups is 1. The molecule has 6 nitrogen and oxygen atoms in total. The van der Waals surface area contributed by atoms with E-state index >= 15 is 0 Å². The van der Waals surface area contributed by atoms with Gasteiger partial charge in [0.1, 0.15) is 18.1 Å².